The van der Waals surface area contributed by atoms with Crippen molar-refractivity contribution in [3.8, 4) is 0 Å². The first-order valence-electron chi connectivity index (χ1n) is 4.68. The van der Waals surface area contributed by atoms with Crippen molar-refractivity contribution < 1.29 is 9.90 Å². The lowest BCUT2D eigenvalue weighted by Gasteiger charge is -2.33. The van der Waals surface area contributed by atoms with Crippen LogP contribution in [0.3, 0.4) is 0 Å². The van der Waals surface area contributed by atoms with Crippen LogP contribution in [0.4, 0.5) is 0 Å². The van der Waals surface area contributed by atoms with Crippen molar-refractivity contribution in [2.24, 2.45) is 0 Å². The van der Waals surface area contributed by atoms with Crippen molar-refractivity contribution in [1.82, 2.24) is 0 Å². The molecular weight excluding hydrogens is 176 g/mol. The highest BCUT2D eigenvalue weighted by molar-refractivity contribution is 6.06. The Morgan fingerprint density at radius 2 is 2.07 bits per heavy atom. The van der Waals surface area contributed by atoms with Crippen LogP contribution < -0.4 is 0 Å². The summed E-state index contributed by atoms with van der Waals surface area (Å²) in [5, 5.41) is 10.3. The molecule has 1 N–H and O–H groups in total. The average molecular weight is 192 g/mol. The zero-order chi connectivity index (χ0) is 10.9. The van der Waals surface area contributed by atoms with Gasteiger partial charge in [-0.2, -0.15) is 0 Å². The van der Waals surface area contributed by atoms with Crippen molar-refractivity contribution >= 4 is 5.78 Å². The van der Waals surface area contributed by atoms with Gasteiger partial charge in [-0.25, -0.2) is 0 Å². The number of hydrogen-bond donors (Lipinski definition) is 1. The summed E-state index contributed by atoms with van der Waals surface area (Å²) in [5.74, 6) is -0.00580. The minimum absolute atomic E-state index is 0.00580. The van der Waals surface area contributed by atoms with Crippen LogP contribution in [0.5, 0.6) is 0 Å². The lowest BCUT2D eigenvalue weighted by Crippen LogP contribution is -2.35. The van der Waals surface area contributed by atoms with E-state index in [0.29, 0.717) is 17.6 Å². The van der Waals surface area contributed by atoms with Gasteiger partial charge in [0.2, 0.25) is 0 Å². The van der Waals surface area contributed by atoms with Crippen molar-refractivity contribution in [3.63, 3.8) is 0 Å². The maximum Gasteiger partial charge on any atom is 0.181 e. The molecule has 0 bridgehead atoms. The van der Waals surface area contributed by atoms with Gasteiger partial charge in [0, 0.05) is 6.42 Å². The SMILES string of the molecule is C=CCC1(O)C(C)=CC(=O)C(C)=C1C. The highest BCUT2D eigenvalue weighted by Gasteiger charge is 2.35. The van der Waals surface area contributed by atoms with E-state index in [2.05, 4.69) is 6.58 Å². The molecule has 1 unspecified atom stereocenters. The first-order chi connectivity index (χ1) is 6.43. The Hall–Kier alpha value is -1.15. The molecule has 0 fully saturated rings. The maximum absolute atomic E-state index is 11.4. The second-order valence-electron chi connectivity index (χ2n) is 3.79. The topological polar surface area (TPSA) is 37.3 Å². The Morgan fingerprint density at radius 3 is 2.57 bits per heavy atom. The molecule has 0 radical (unpaired) electrons. The van der Waals surface area contributed by atoms with E-state index in [-0.39, 0.29) is 5.78 Å². The summed E-state index contributed by atoms with van der Waals surface area (Å²) in [6.07, 6.45) is 3.63. The van der Waals surface area contributed by atoms with Crippen LogP contribution in [0.15, 0.2) is 35.5 Å². The molecule has 0 aromatic rings. The van der Waals surface area contributed by atoms with E-state index < -0.39 is 5.60 Å². The number of allylic oxidation sites excluding steroid dienone is 2. The van der Waals surface area contributed by atoms with Crippen LogP contribution in [0.25, 0.3) is 0 Å². The van der Waals surface area contributed by atoms with E-state index in [1.807, 2.05) is 0 Å². The molecule has 76 valence electrons. The second-order valence-corrected chi connectivity index (χ2v) is 3.79. The van der Waals surface area contributed by atoms with E-state index in [9.17, 15) is 9.90 Å². The summed E-state index contributed by atoms with van der Waals surface area (Å²) < 4.78 is 0. The Balaban J connectivity index is 3.24. The first kappa shape index (κ1) is 10.9. The zero-order valence-corrected chi connectivity index (χ0v) is 8.92. The van der Waals surface area contributed by atoms with E-state index in [1.165, 1.54) is 6.08 Å². The number of ketones is 1. The van der Waals surface area contributed by atoms with Gasteiger partial charge >= 0.3 is 0 Å². The smallest absolute Gasteiger partial charge is 0.181 e. The van der Waals surface area contributed by atoms with E-state index >= 15 is 0 Å². The van der Waals surface area contributed by atoms with Crippen LogP contribution in [-0.2, 0) is 4.79 Å². The number of carbonyl (C=O) groups is 1. The molecule has 1 atom stereocenters. The fourth-order valence-corrected chi connectivity index (χ4v) is 1.74. The van der Waals surface area contributed by atoms with Gasteiger partial charge in [0.25, 0.3) is 0 Å². The molecule has 0 aliphatic heterocycles. The lowest BCUT2D eigenvalue weighted by atomic mass is 9.77. The molecule has 1 aliphatic carbocycles. The number of aliphatic hydroxyl groups is 1. The Morgan fingerprint density at radius 1 is 1.50 bits per heavy atom. The Bertz CT molecular complexity index is 347. The molecular formula is C12H16O2. The third-order valence-corrected chi connectivity index (χ3v) is 2.99. The van der Waals surface area contributed by atoms with Crippen LogP contribution in [0.1, 0.15) is 27.2 Å². The molecule has 0 amide bonds. The molecule has 1 rings (SSSR count). The van der Waals surface area contributed by atoms with Gasteiger partial charge in [0.05, 0.1) is 0 Å². The predicted molar refractivity (Wildman–Crippen MR) is 56.9 cm³/mol. The summed E-state index contributed by atoms with van der Waals surface area (Å²) in [4.78, 5) is 11.4. The predicted octanol–water partition coefficient (Wildman–Crippen LogP) is 2.16. The molecule has 2 heteroatoms. The average Bonchev–Trinajstić information content (AvgIpc) is 2.13. The third-order valence-electron chi connectivity index (χ3n) is 2.99. The highest BCUT2D eigenvalue weighted by atomic mass is 16.3. The Kier molecular flexibility index (Phi) is 2.76. The quantitative estimate of drug-likeness (QED) is 0.681. The van der Waals surface area contributed by atoms with Gasteiger partial charge in [0.15, 0.2) is 5.78 Å². The molecule has 0 aromatic heterocycles. The van der Waals surface area contributed by atoms with Crippen molar-refractivity contribution in [2.45, 2.75) is 32.8 Å². The van der Waals surface area contributed by atoms with Crippen LogP contribution in [0.2, 0.25) is 0 Å². The van der Waals surface area contributed by atoms with Crippen molar-refractivity contribution in [3.05, 3.63) is 35.5 Å². The van der Waals surface area contributed by atoms with Gasteiger partial charge in [-0.1, -0.05) is 6.08 Å². The summed E-state index contributed by atoms with van der Waals surface area (Å²) in [6.45, 7) is 8.94. The van der Waals surface area contributed by atoms with Gasteiger partial charge in [-0.3, -0.25) is 4.79 Å². The van der Waals surface area contributed by atoms with Crippen molar-refractivity contribution in [2.75, 3.05) is 0 Å². The summed E-state index contributed by atoms with van der Waals surface area (Å²) in [6, 6.07) is 0. The maximum atomic E-state index is 11.4. The van der Waals surface area contributed by atoms with Crippen LogP contribution in [0, 0.1) is 0 Å². The molecule has 0 heterocycles. The van der Waals surface area contributed by atoms with E-state index in [1.54, 1.807) is 26.8 Å². The fourth-order valence-electron chi connectivity index (χ4n) is 1.74. The molecule has 2 nitrogen and oxygen atoms in total. The van der Waals surface area contributed by atoms with Gasteiger partial charge < -0.3 is 5.11 Å². The van der Waals surface area contributed by atoms with Gasteiger partial charge in [-0.15, -0.1) is 6.58 Å². The molecule has 0 aromatic carbocycles. The standard InChI is InChI=1S/C12H16O2/c1-5-6-12(14)8(2)7-11(13)9(3)10(12)4/h5,7,14H,1,6H2,2-4H3. The fraction of sp³-hybridized carbons (Fsp3) is 0.417. The van der Waals surface area contributed by atoms with Crippen LogP contribution in [-0.4, -0.2) is 16.5 Å². The summed E-state index contributed by atoms with van der Waals surface area (Å²) in [5.41, 5.74) is 1.08. The zero-order valence-electron chi connectivity index (χ0n) is 8.92. The molecule has 14 heavy (non-hydrogen) atoms. The van der Waals surface area contributed by atoms with E-state index in [0.717, 1.165) is 5.57 Å². The monoisotopic (exact) mass is 192 g/mol. The normalized spacial score (nSPS) is 27.7. The Labute approximate surface area is 84.6 Å². The van der Waals surface area contributed by atoms with E-state index in [4.69, 9.17) is 0 Å². The lowest BCUT2D eigenvalue weighted by molar-refractivity contribution is -0.111. The van der Waals surface area contributed by atoms with Gasteiger partial charge in [-0.05, 0) is 43.6 Å². The number of hydrogen-bond acceptors (Lipinski definition) is 2. The summed E-state index contributed by atoms with van der Waals surface area (Å²) in [7, 11) is 0. The highest BCUT2D eigenvalue weighted by Crippen LogP contribution is 2.35. The molecule has 0 saturated carbocycles. The number of rotatable bonds is 2. The minimum Gasteiger partial charge on any atom is -0.381 e. The van der Waals surface area contributed by atoms with Gasteiger partial charge in [0.1, 0.15) is 5.60 Å². The van der Waals surface area contributed by atoms with Crippen molar-refractivity contribution in [1.29, 1.82) is 0 Å². The molecule has 0 spiro atoms. The first-order valence-corrected chi connectivity index (χ1v) is 4.68. The number of carbonyl (C=O) groups excluding carboxylic acids is 1. The summed E-state index contributed by atoms with van der Waals surface area (Å²) >= 11 is 0. The third kappa shape index (κ3) is 1.46. The minimum atomic E-state index is -1.00. The molecule has 0 saturated heterocycles. The second kappa shape index (κ2) is 3.54. The largest absolute Gasteiger partial charge is 0.381 e. The van der Waals surface area contributed by atoms with Crippen LogP contribution >= 0.6 is 0 Å². The molecule has 1 aliphatic rings.